The number of hydrogen-bond acceptors (Lipinski definition) is 4. The first-order chi connectivity index (χ1) is 6.61. The molecule has 0 aliphatic rings. The SMILES string of the molecule is NC(CC(=O)O)C(N)c1ccncc1. The lowest BCUT2D eigenvalue weighted by atomic mass is 10.00. The molecule has 2 atom stereocenters. The molecule has 1 aromatic rings. The molecule has 0 aromatic carbocycles. The number of nitrogens with two attached hydrogens (primary N) is 2. The van der Waals surface area contributed by atoms with E-state index < -0.39 is 18.1 Å². The van der Waals surface area contributed by atoms with Gasteiger partial charge in [0.25, 0.3) is 0 Å². The van der Waals surface area contributed by atoms with Crippen LogP contribution in [-0.2, 0) is 4.79 Å². The predicted molar refractivity (Wildman–Crippen MR) is 51.4 cm³/mol. The Morgan fingerprint density at radius 1 is 1.43 bits per heavy atom. The Bertz CT molecular complexity index is 302. The van der Waals surface area contributed by atoms with Crippen LogP contribution < -0.4 is 11.5 Å². The van der Waals surface area contributed by atoms with E-state index in [9.17, 15) is 4.79 Å². The van der Waals surface area contributed by atoms with Gasteiger partial charge in [0, 0.05) is 24.5 Å². The Morgan fingerprint density at radius 3 is 2.50 bits per heavy atom. The van der Waals surface area contributed by atoms with E-state index in [2.05, 4.69) is 4.98 Å². The van der Waals surface area contributed by atoms with Crippen molar-refractivity contribution >= 4 is 5.97 Å². The van der Waals surface area contributed by atoms with Gasteiger partial charge in [-0.3, -0.25) is 9.78 Å². The third-order valence-electron chi connectivity index (χ3n) is 1.96. The molecule has 14 heavy (non-hydrogen) atoms. The highest BCUT2D eigenvalue weighted by atomic mass is 16.4. The van der Waals surface area contributed by atoms with Crippen LogP contribution in [0.5, 0.6) is 0 Å². The molecule has 1 rings (SSSR count). The topological polar surface area (TPSA) is 102 Å². The molecule has 5 nitrogen and oxygen atoms in total. The summed E-state index contributed by atoms with van der Waals surface area (Å²) in [5, 5.41) is 8.53. The molecule has 5 heteroatoms. The molecular weight excluding hydrogens is 182 g/mol. The van der Waals surface area contributed by atoms with Gasteiger partial charge in [-0.15, -0.1) is 0 Å². The molecule has 1 heterocycles. The molecule has 0 bridgehead atoms. The molecule has 0 radical (unpaired) electrons. The van der Waals surface area contributed by atoms with Gasteiger partial charge in [0.2, 0.25) is 0 Å². The van der Waals surface area contributed by atoms with Crippen LogP contribution in [0.25, 0.3) is 0 Å². The fraction of sp³-hybridized carbons (Fsp3) is 0.333. The summed E-state index contributed by atoms with van der Waals surface area (Å²) in [4.78, 5) is 14.2. The zero-order valence-electron chi connectivity index (χ0n) is 7.63. The first kappa shape index (κ1) is 10.6. The van der Waals surface area contributed by atoms with Gasteiger partial charge < -0.3 is 16.6 Å². The van der Waals surface area contributed by atoms with E-state index in [1.54, 1.807) is 24.5 Å². The largest absolute Gasteiger partial charge is 0.481 e. The Kier molecular flexibility index (Phi) is 3.55. The molecule has 76 valence electrons. The van der Waals surface area contributed by atoms with E-state index in [-0.39, 0.29) is 6.42 Å². The summed E-state index contributed by atoms with van der Waals surface area (Å²) in [5.74, 6) is -0.943. The number of carboxylic acids is 1. The minimum atomic E-state index is -0.943. The van der Waals surface area contributed by atoms with Crippen LogP contribution in [0.2, 0.25) is 0 Å². The van der Waals surface area contributed by atoms with Crippen molar-refractivity contribution in [2.45, 2.75) is 18.5 Å². The minimum absolute atomic E-state index is 0.135. The zero-order chi connectivity index (χ0) is 10.6. The molecule has 0 amide bonds. The Hall–Kier alpha value is -1.46. The second kappa shape index (κ2) is 4.69. The lowest BCUT2D eigenvalue weighted by Crippen LogP contribution is -2.35. The smallest absolute Gasteiger partial charge is 0.304 e. The standard InChI is InChI=1S/C9H13N3O2/c10-7(5-8(13)14)9(11)6-1-3-12-4-2-6/h1-4,7,9H,5,10-11H2,(H,13,14). The summed E-state index contributed by atoms with van der Waals surface area (Å²) in [6.45, 7) is 0. The molecule has 0 saturated carbocycles. The molecule has 0 spiro atoms. The van der Waals surface area contributed by atoms with Gasteiger partial charge in [-0.2, -0.15) is 0 Å². The number of hydrogen-bond donors (Lipinski definition) is 3. The maximum atomic E-state index is 10.4. The Labute approximate surface area is 81.7 Å². The van der Waals surface area contributed by atoms with Crippen molar-refractivity contribution in [1.29, 1.82) is 0 Å². The summed E-state index contributed by atoms with van der Waals surface area (Å²) in [5.41, 5.74) is 12.2. The van der Waals surface area contributed by atoms with Gasteiger partial charge >= 0.3 is 5.97 Å². The molecular formula is C9H13N3O2. The molecule has 1 aromatic heterocycles. The second-order valence-electron chi connectivity index (χ2n) is 3.07. The van der Waals surface area contributed by atoms with Gasteiger partial charge in [-0.1, -0.05) is 0 Å². The lowest BCUT2D eigenvalue weighted by Gasteiger charge is -2.17. The highest BCUT2D eigenvalue weighted by Crippen LogP contribution is 2.13. The Morgan fingerprint density at radius 2 is 2.00 bits per heavy atom. The highest BCUT2D eigenvalue weighted by Gasteiger charge is 2.17. The van der Waals surface area contributed by atoms with Crippen molar-refractivity contribution in [3.05, 3.63) is 30.1 Å². The maximum absolute atomic E-state index is 10.4. The van der Waals surface area contributed by atoms with Crippen LogP contribution in [0.15, 0.2) is 24.5 Å². The molecule has 2 unspecified atom stereocenters. The van der Waals surface area contributed by atoms with Gasteiger partial charge in [0.1, 0.15) is 0 Å². The van der Waals surface area contributed by atoms with Crippen molar-refractivity contribution in [1.82, 2.24) is 4.98 Å². The predicted octanol–water partition coefficient (Wildman–Crippen LogP) is -0.117. The van der Waals surface area contributed by atoms with E-state index in [0.29, 0.717) is 0 Å². The number of carbonyl (C=O) groups is 1. The molecule has 0 saturated heterocycles. The molecule has 0 aliphatic heterocycles. The third kappa shape index (κ3) is 2.79. The fourth-order valence-electron chi connectivity index (χ4n) is 1.16. The number of aliphatic carboxylic acids is 1. The van der Waals surface area contributed by atoms with Crippen LogP contribution >= 0.6 is 0 Å². The van der Waals surface area contributed by atoms with Crippen molar-refractivity contribution in [2.75, 3.05) is 0 Å². The zero-order valence-corrected chi connectivity index (χ0v) is 7.63. The first-order valence-corrected chi connectivity index (χ1v) is 4.24. The third-order valence-corrected chi connectivity index (χ3v) is 1.96. The highest BCUT2D eigenvalue weighted by molar-refractivity contribution is 5.67. The summed E-state index contributed by atoms with van der Waals surface area (Å²) in [7, 11) is 0. The van der Waals surface area contributed by atoms with Crippen LogP contribution in [-0.4, -0.2) is 22.1 Å². The summed E-state index contributed by atoms with van der Waals surface area (Å²) in [6, 6.07) is 2.42. The van der Waals surface area contributed by atoms with E-state index >= 15 is 0 Å². The van der Waals surface area contributed by atoms with Crippen molar-refractivity contribution in [3.63, 3.8) is 0 Å². The number of rotatable bonds is 4. The fourth-order valence-corrected chi connectivity index (χ4v) is 1.16. The average Bonchev–Trinajstić information content (AvgIpc) is 2.17. The summed E-state index contributed by atoms with van der Waals surface area (Å²) >= 11 is 0. The number of pyridine rings is 1. The number of nitrogens with zero attached hydrogens (tertiary/aromatic N) is 1. The minimum Gasteiger partial charge on any atom is -0.481 e. The summed E-state index contributed by atoms with van der Waals surface area (Å²) in [6.07, 6.45) is 3.06. The van der Waals surface area contributed by atoms with E-state index in [4.69, 9.17) is 16.6 Å². The molecule has 5 N–H and O–H groups in total. The van der Waals surface area contributed by atoms with E-state index in [0.717, 1.165) is 5.56 Å². The van der Waals surface area contributed by atoms with Crippen molar-refractivity contribution in [2.24, 2.45) is 11.5 Å². The van der Waals surface area contributed by atoms with Crippen LogP contribution in [0.1, 0.15) is 18.0 Å². The number of carboxylic acid groups (broad SMARTS) is 1. The summed E-state index contributed by atoms with van der Waals surface area (Å²) < 4.78 is 0. The van der Waals surface area contributed by atoms with Gasteiger partial charge in [-0.25, -0.2) is 0 Å². The van der Waals surface area contributed by atoms with E-state index in [1.165, 1.54) is 0 Å². The molecule has 0 fully saturated rings. The maximum Gasteiger partial charge on any atom is 0.304 e. The number of aromatic nitrogens is 1. The average molecular weight is 195 g/mol. The van der Waals surface area contributed by atoms with E-state index in [1.807, 2.05) is 0 Å². The van der Waals surface area contributed by atoms with Gasteiger partial charge in [-0.05, 0) is 17.7 Å². The van der Waals surface area contributed by atoms with Gasteiger partial charge in [0.05, 0.1) is 6.42 Å². The Balaban J connectivity index is 2.65. The van der Waals surface area contributed by atoms with Crippen molar-refractivity contribution in [3.8, 4) is 0 Å². The van der Waals surface area contributed by atoms with Crippen LogP contribution in [0.3, 0.4) is 0 Å². The first-order valence-electron chi connectivity index (χ1n) is 4.24. The molecule has 0 aliphatic carbocycles. The lowest BCUT2D eigenvalue weighted by molar-refractivity contribution is -0.137. The normalized spacial score (nSPS) is 14.7. The van der Waals surface area contributed by atoms with Gasteiger partial charge in [0.15, 0.2) is 0 Å². The second-order valence-corrected chi connectivity index (χ2v) is 3.07. The van der Waals surface area contributed by atoms with Crippen LogP contribution in [0, 0.1) is 0 Å². The quantitative estimate of drug-likeness (QED) is 0.621. The monoisotopic (exact) mass is 195 g/mol. The van der Waals surface area contributed by atoms with Crippen LogP contribution in [0.4, 0.5) is 0 Å². The van der Waals surface area contributed by atoms with Crippen molar-refractivity contribution < 1.29 is 9.90 Å².